The Bertz CT molecular complexity index is 1130. The van der Waals surface area contributed by atoms with Crippen LogP contribution in [0.1, 0.15) is 22.7 Å². The molecule has 0 aliphatic heterocycles. The van der Waals surface area contributed by atoms with Crippen LogP contribution in [0.5, 0.6) is 0 Å². The van der Waals surface area contributed by atoms with E-state index in [4.69, 9.17) is 0 Å². The first-order chi connectivity index (χ1) is 13.3. The normalized spacial score (nSPS) is 12.1. The fourth-order valence-electron chi connectivity index (χ4n) is 2.79. The zero-order valence-corrected chi connectivity index (χ0v) is 15.9. The third-order valence-corrected chi connectivity index (χ3v) is 5.99. The molecule has 1 aromatic heterocycles. The first kappa shape index (κ1) is 19.9. The number of alkyl halides is 2. The summed E-state index contributed by atoms with van der Waals surface area (Å²) in [4.78, 5) is 15.6. The highest BCUT2D eigenvalue weighted by molar-refractivity contribution is 7.89. The van der Waals surface area contributed by atoms with Crippen LogP contribution in [-0.4, -0.2) is 42.4 Å². The van der Waals surface area contributed by atoms with Gasteiger partial charge in [0.15, 0.2) is 0 Å². The molecule has 1 heterocycles. The van der Waals surface area contributed by atoms with Gasteiger partial charge in [-0.2, -0.15) is 13.1 Å². The lowest BCUT2D eigenvalue weighted by Crippen LogP contribution is -2.28. The summed E-state index contributed by atoms with van der Waals surface area (Å²) in [6.07, 6.45) is 0. The molecule has 0 amide bonds. The van der Waals surface area contributed by atoms with Crippen molar-refractivity contribution in [1.82, 2.24) is 13.9 Å². The first-order valence-electron chi connectivity index (χ1n) is 8.14. The van der Waals surface area contributed by atoms with Crippen molar-refractivity contribution in [3.63, 3.8) is 0 Å². The number of fused-ring (bicyclic) bond motifs is 1. The highest BCUT2D eigenvalue weighted by Gasteiger charge is 2.26. The first-order valence-corrected chi connectivity index (χ1v) is 9.58. The van der Waals surface area contributed by atoms with Gasteiger partial charge in [0.05, 0.1) is 35.1 Å². The van der Waals surface area contributed by atoms with Gasteiger partial charge in [0.1, 0.15) is 5.82 Å². The average Bonchev–Trinajstić information content (AvgIpc) is 3.05. The number of hydrogen-bond donors (Lipinski definition) is 0. The third-order valence-electron chi connectivity index (χ3n) is 4.19. The zero-order chi connectivity index (χ0) is 20.5. The Labute approximate surface area is 160 Å². The molecule has 0 fully saturated rings. The molecule has 0 spiro atoms. The minimum Gasteiger partial charge on any atom is -0.465 e. The van der Waals surface area contributed by atoms with Crippen molar-refractivity contribution in [3.8, 4) is 0 Å². The fourth-order valence-corrected chi connectivity index (χ4v) is 3.96. The predicted octanol–water partition coefficient (Wildman–Crippen LogP) is 3.04. The molecule has 0 saturated heterocycles. The number of para-hydroxylation sites is 2. The van der Waals surface area contributed by atoms with Crippen LogP contribution in [0.15, 0.2) is 53.4 Å². The van der Waals surface area contributed by atoms with Gasteiger partial charge in [0.2, 0.25) is 10.0 Å². The molecular weight excluding hydrogens is 392 g/mol. The molecule has 28 heavy (non-hydrogen) atoms. The third kappa shape index (κ3) is 3.60. The standard InChI is InChI=1S/C18H17F2N3O4S/c1-22(28(25,26)13-7-5-6-12(10-13)17(24)27-2)11-16-21-14-8-3-4-9-15(14)23(16)18(19)20/h3-10,18H,11H2,1-2H3. The molecule has 148 valence electrons. The van der Waals surface area contributed by atoms with E-state index in [0.29, 0.717) is 10.1 Å². The zero-order valence-electron chi connectivity index (χ0n) is 15.0. The number of aromatic nitrogens is 2. The molecule has 0 N–H and O–H groups in total. The number of halogens is 2. The molecule has 0 atom stereocenters. The van der Waals surface area contributed by atoms with Crippen molar-refractivity contribution in [3.05, 3.63) is 59.9 Å². The van der Waals surface area contributed by atoms with Crippen molar-refractivity contribution in [2.24, 2.45) is 0 Å². The van der Waals surface area contributed by atoms with Gasteiger partial charge < -0.3 is 4.74 Å². The Morgan fingerprint density at radius 1 is 1.21 bits per heavy atom. The number of esters is 1. The highest BCUT2D eigenvalue weighted by atomic mass is 32.2. The maximum Gasteiger partial charge on any atom is 0.337 e. The Morgan fingerprint density at radius 3 is 2.61 bits per heavy atom. The minimum atomic E-state index is -4.05. The molecule has 3 rings (SSSR count). The number of benzene rings is 2. The molecule has 0 aliphatic rings. The van der Waals surface area contributed by atoms with Crippen LogP contribution in [-0.2, 0) is 21.3 Å². The van der Waals surface area contributed by atoms with Crippen LogP contribution < -0.4 is 0 Å². The van der Waals surface area contributed by atoms with Crippen molar-refractivity contribution in [2.45, 2.75) is 18.0 Å². The average molecular weight is 409 g/mol. The highest BCUT2D eigenvalue weighted by Crippen LogP contribution is 2.25. The molecule has 0 saturated carbocycles. The number of hydrogen-bond acceptors (Lipinski definition) is 5. The van der Waals surface area contributed by atoms with Crippen LogP contribution in [0.2, 0.25) is 0 Å². The lowest BCUT2D eigenvalue weighted by molar-refractivity contribution is 0.0600. The second kappa shape index (κ2) is 7.64. The Kier molecular flexibility index (Phi) is 5.43. The van der Waals surface area contributed by atoms with Gasteiger partial charge in [-0.25, -0.2) is 18.2 Å². The van der Waals surface area contributed by atoms with Crippen molar-refractivity contribution in [2.75, 3.05) is 14.2 Å². The lowest BCUT2D eigenvalue weighted by atomic mass is 10.2. The summed E-state index contributed by atoms with van der Waals surface area (Å²) >= 11 is 0. The van der Waals surface area contributed by atoms with Gasteiger partial charge in [0.25, 0.3) is 0 Å². The largest absolute Gasteiger partial charge is 0.465 e. The van der Waals surface area contributed by atoms with Crippen LogP contribution >= 0.6 is 0 Å². The van der Waals surface area contributed by atoms with E-state index in [9.17, 15) is 22.0 Å². The second-order valence-corrected chi connectivity index (χ2v) is 7.99. The molecule has 0 radical (unpaired) electrons. The van der Waals surface area contributed by atoms with E-state index in [1.807, 2.05) is 0 Å². The molecule has 7 nitrogen and oxygen atoms in total. The van der Waals surface area contributed by atoms with Crippen molar-refractivity contribution in [1.29, 1.82) is 0 Å². The lowest BCUT2D eigenvalue weighted by Gasteiger charge is -2.18. The Hall–Kier alpha value is -2.85. The number of sulfonamides is 1. The quantitative estimate of drug-likeness (QED) is 0.585. The van der Waals surface area contributed by atoms with Gasteiger partial charge in [-0.1, -0.05) is 18.2 Å². The van der Waals surface area contributed by atoms with Crippen molar-refractivity contribution < 1.29 is 26.7 Å². The van der Waals surface area contributed by atoms with E-state index < -0.39 is 22.5 Å². The van der Waals surface area contributed by atoms with Gasteiger partial charge in [-0.05, 0) is 30.3 Å². The molecule has 0 aliphatic carbocycles. The Morgan fingerprint density at radius 2 is 1.93 bits per heavy atom. The predicted molar refractivity (Wildman–Crippen MR) is 97.4 cm³/mol. The Balaban J connectivity index is 1.97. The molecule has 0 bridgehead atoms. The van der Waals surface area contributed by atoms with Crippen LogP contribution in [0, 0.1) is 0 Å². The molecular formula is C18H17F2N3O4S. The van der Waals surface area contributed by atoms with E-state index in [2.05, 4.69) is 9.72 Å². The second-order valence-electron chi connectivity index (χ2n) is 5.94. The summed E-state index contributed by atoms with van der Waals surface area (Å²) in [6.45, 7) is -3.25. The summed E-state index contributed by atoms with van der Waals surface area (Å²) in [6, 6.07) is 11.6. The molecule has 10 heteroatoms. The number of rotatable bonds is 6. The van der Waals surface area contributed by atoms with Crippen LogP contribution in [0.3, 0.4) is 0 Å². The number of methoxy groups -OCH3 is 1. The fraction of sp³-hybridized carbons (Fsp3) is 0.222. The maximum absolute atomic E-state index is 13.5. The van der Waals surface area contributed by atoms with E-state index in [-0.39, 0.29) is 28.3 Å². The van der Waals surface area contributed by atoms with E-state index >= 15 is 0 Å². The smallest absolute Gasteiger partial charge is 0.337 e. The topological polar surface area (TPSA) is 81.5 Å². The molecule has 0 unspecified atom stereocenters. The number of nitrogens with zero attached hydrogens (tertiary/aromatic N) is 3. The van der Waals surface area contributed by atoms with E-state index in [1.165, 1.54) is 44.5 Å². The van der Waals surface area contributed by atoms with Crippen LogP contribution in [0.4, 0.5) is 8.78 Å². The van der Waals surface area contributed by atoms with Crippen LogP contribution in [0.25, 0.3) is 11.0 Å². The molecule has 2 aromatic carbocycles. The summed E-state index contributed by atoms with van der Waals surface area (Å²) in [5.74, 6) is -0.773. The SMILES string of the molecule is COC(=O)c1cccc(S(=O)(=O)N(C)Cc2nc3ccccc3n2C(F)F)c1. The number of carbonyl (C=O) groups excluding carboxylic acids is 1. The molecule has 3 aromatic rings. The van der Waals surface area contributed by atoms with E-state index in [0.717, 1.165) is 4.31 Å². The summed E-state index contributed by atoms with van der Waals surface area (Å²) < 4.78 is 59.0. The number of carbonyl (C=O) groups is 1. The number of ether oxygens (including phenoxy) is 1. The van der Waals surface area contributed by atoms with Gasteiger partial charge in [0, 0.05) is 7.05 Å². The van der Waals surface area contributed by atoms with Gasteiger partial charge in [-0.3, -0.25) is 4.57 Å². The van der Waals surface area contributed by atoms with Gasteiger partial charge in [-0.15, -0.1) is 0 Å². The number of imidazole rings is 1. The van der Waals surface area contributed by atoms with E-state index in [1.54, 1.807) is 18.2 Å². The van der Waals surface area contributed by atoms with Gasteiger partial charge >= 0.3 is 12.5 Å². The monoisotopic (exact) mass is 409 g/mol. The summed E-state index contributed by atoms with van der Waals surface area (Å²) in [5, 5.41) is 0. The summed E-state index contributed by atoms with van der Waals surface area (Å²) in [7, 11) is -1.61. The van der Waals surface area contributed by atoms with Crippen molar-refractivity contribution >= 4 is 27.0 Å². The summed E-state index contributed by atoms with van der Waals surface area (Å²) in [5.41, 5.74) is 0.624. The minimum absolute atomic E-state index is 0.0665. The maximum atomic E-state index is 13.5.